The summed E-state index contributed by atoms with van der Waals surface area (Å²) in [7, 11) is 0. The molecule has 0 saturated carbocycles. The van der Waals surface area contributed by atoms with Crippen LogP contribution >= 0.6 is 34.5 Å². The van der Waals surface area contributed by atoms with Crippen LogP contribution in [-0.4, -0.2) is 10.9 Å². The van der Waals surface area contributed by atoms with Gasteiger partial charge in [-0.05, 0) is 31.4 Å². The Bertz CT molecular complexity index is 696. The number of amides is 1. The summed E-state index contributed by atoms with van der Waals surface area (Å²) in [6.45, 7) is 0. The molecule has 1 amide bonds. The van der Waals surface area contributed by atoms with E-state index in [1.807, 2.05) is 6.07 Å². The second kappa shape index (κ2) is 5.72. The molecule has 0 saturated heterocycles. The Hall–Kier alpha value is -1.10. The molecule has 0 spiro atoms. The van der Waals surface area contributed by atoms with E-state index in [1.165, 1.54) is 11.3 Å². The Morgan fingerprint density at radius 3 is 2.95 bits per heavy atom. The van der Waals surface area contributed by atoms with Crippen LogP contribution in [-0.2, 0) is 4.79 Å². The number of aromatic nitrogens is 1. The van der Waals surface area contributed by atoms with Gasteiger partial charge in [-0.15, -0.1) is 0 Å². The molecule has 1 aliphatic carbocycles. The monoisotopic (exact) mass is 326 g/mol. The Kier molecular flexibility index (Phi) is 3.96. The van der Waals surface area contributed by atoms with E-state index < -0.39 is 0 Å². The third kappa shape index (κ3) is 2.68. The van der Waals surface area contributed by atoms with Crippen molar-refractivity contribution in [1.82, 2.24) is 4.98 Å². The Morgan fingerprint density at radius 2 is 2.20 bits per heavy atom. The second-order valence-electron chi connectivity index (χ2n) is 4.70. The summed E-state index contributed by atoms with van der Waals surface area (Å²) in [6, 6.07) is 3.60. The summed E-state index contributed by atoms with van der Waals surface area (Å²) in [5.74, 6) is 0.0571. The molecule has 0 radical (unpaired) electrons. The summed E-state index contributed by atoms with van der Waals surface area (Å²) < 4.78 is 0.915. The third-order valence-electron chi connectivity index (χ3n) is 3.32. The van der Waals surface area contributed by atoms with Crippen molar-refractivity contribution in [3.8, 4) is 0 Å². The van der Waals surface area contributed by atoms with Crippen LogP contribution in [0, 0.1) is 5.92 Å². The van der Waals surface area contributed by atoms with Crippen molar-refractivity contribution in [2.45, 2.75) is 19.3 Å². The van der Waals surface area contributed by atoms with E-state index >= 15 is 0 Å². The molecule has 6 heteroatoms. The first-order valence-corrected chi connectivity index (χ1v) is 7.93. The van der Waals surface area contributed by atoms with Crippen molar-refractivity contribution in [3.63, 3.8) is 0 Å². The van der Waals surface area contributed by atoms with Crippen LogP contribution < -0.4 is 5.32 Å². The van der Waals surface area contributed by atoms with Gasteiger partial charge in [-0.3, -0.25) is 4.79 Å². The first kappa shape index (κ1) is 13.9. The van der Waals surface area contributed by atoms with Crippen molar-refractivity contribution in [2.24, 2.45) is 5.92 Å². The normalized spacial score (nSPS) is 18.4. The van der Waals surface area contributed by atoms with Crippen LogP contribution in [0.4, 0.5) is 5.13 Å². The SMILES string of the molecule is O=C(Nc1nc2c(Cl)c(Cl)ccc2s1)[C@@H]1CC=CCC1. The molecule has 3 rings (SSSR count). The molecule has 104 valence electrons. The number of benzene rings is 1. The molecule has 3 nitrogen and oxygen atoms in total. The van der Waals surface area contributed by atoms with Gasteiger partial charge in [0.1, 0.15) is 5.52 Å². The summed E-state index contributed by atoms with van der Waals surface area (Å²) in [4.78, 5) is 16.5. The second-order valence-corrected chi connectivity index (χ2v) is 6.51. The molecule has 1 aliphatic rings. The number of nitrogens with one attached hydrogen (secondary N) is 1. The van der Waals surface area contributed by atoms with Gasteiger partial charge in [-0.1, -0.05) is 46.7 Å². The standard InChI is InChI=1S/C14H12Cl2N2OS/c15-9-6-7-10-12(11(9)16)17-14(20-10)18-13(19)8-4-2-1-3-5-8/h1-2,6-8H,3-5H2,(H,17,18,19)/t8-/m1/s1. The van der Waals surface area contributed by atoms with Crippen LogP contribution in [0.15, 0.2) is 24.3 Å². The summed E-state index contributed by atoms with van der Waals surface area (Å²) in [5, 5.41) is 4.36. The van der Waals surface area contributed by atoms with Crippen molar-refractivity contribution >= 4 is 55.8 Å². The van der Waals surface area contributed by atoms with Gasteiger partial charge in [0.25, 0.3) is 0 Å². The van der Waals surface area contributed by atoms with Gasteiger partial charge in [0, 0.05) is 5.92 Å². The lowest BCUT2D eigenvalue weighted by Gasteiger charge is -2.15. The minimum atomic E-state index is 0.0237. The predicted octanol–water partition coefficient (Wildman–Crippen LogP) is 4.90. The van der Waals surface area contributed by atoms with Gasteiger partial charge in [0.15, 0.2) is 5.13 Å². The van der Waals surface area contributed by atoms with Crippen molar-refractivity contribution in [1.29, 1.82) is 0 Å². The number of hydrogen-bond acceptors (Lipinski definition) is 3. The van der Waals surface area contributed by atoms with Gasteiger partial charge >= 0.3 is 0 Å². The molecule has 0 fully saturated rings. The van der Waals surface area contributed by atoms with Gasteiger partial charge in [-0.2, -0.15) is 0 Å². The number of carbonyl (C=O) groups is 1. The maximum atomic E-state index is 12.2. The zero-order valence-electron chi connectivity index (χ0n) is 10.5. The number of allylic oxidation sites excluding steroid dienone is 2. The number of nitrogens with zero attached hydrogens (tertiary/aromatic N) is 1. The number of carbonyl (C=O) groups excluding carboxylic acids is 1. The van der Waals surface area contributed by atoms with Crippen LogP contribution in [0.5, 0.6) is 0 Å². The van der Waals surface area contributed by atoms with E-state index in [0.717, 1.165) is 24.0 Å². The summed E-state index contributed by atoms with van der Waals surface area (Å²) in [5.41, 5.74) is 0.642. The van der Waals surface area contributed by atoms with E-state index in [9.17, 15) is 4.79 Å². The average Bonchev–Trinajstić information content (AvgIpc) is 2.87. The summed E-state index contributed by atoms with van der Waals surface area (Å²) in [6.07, 6.45) is 6.81. The molecular formula is C14H12Cl2N2OS. The highest BCUT2D eigenvalue weighted by Gasteiger charge is 2.20. The number of thiazole rings is 1. The summed E-state index contributed by atoms with van der Waals surface area (Å²) >= 11 is 13.5. The zero-order valence-corrected chi connectivity index (χ0v) is 12.9. The Morgan fingerprint density at radius 1 is 1.35 bits per heavy atom. The first-order valence-electron chi connectivity index (χ1n) is 6.35. The van der Waals surface area contributed by atoms with E-state index in [1.54, 1.807) is 6.07 Å². The number of rotatable bonds is 2. The van der Waals surface area contributed by atoms with Crippen molar-refractivity contribution in [2.75, 3.05) is 5.32 Å². The molecule has 0 bridgehead atoms. The van der Waals surface area contributed by atoms with Crippen LogP contribution in [0.3, 0.4) is 0 Å². The fraction of sp³-hybridized carbons (Fsp3) is 0.286. The minimum absolute atomic E-state index is 0.0237. The van der Waals surface area contributed by atoms with Crippen molar-refractivity contribution < 1.29 is 4.79 Å². The van der Waals surface area contributed by atoms with Gasteiger partial charge in [-0.25, -0.2) is 4.98 Å². The Balaban J connectivity index is 1.82. The average molecular weight is 327 g/mol. The smallest absolute Gasteiger partial charge is 0.229 e. The fourth-order valence-corrected chi connectivity index (χ4v) is 3.52. The maximum Gasteiger partial charge on any atom is 0.229 e. The van der Waals surface area contributed by atoms with Crippen LogP contribution in [0.1, 0.15) is 19.3 Å². The first-order chi connectivity index (χ1) is 9.65. The molecule has 1 atom stereocenters. The molecule has 1 heterocycles. The highest BCUT2D eigenvalue weighted by molar-refractivity contribution is 7.22. The quantitative estimate of drug-likeness (QED) is 0.797. The lowest BCUT2D eigenvalue weighted by atomic mass is 9.94. The number of fused-ring (bicyclic) bond motifs is 1. The van der Waals surface area contributed by atoms with Crippen LogP contribution in [0.2, 0.25) is 10.0 Å². The molecule has 1 N–H and O–H groups in total. The van der Waals surface area contributed by atoms with Gasteiger partial charge < -0.3 is 5.32 Å². The van der Waals surface area contributed by atoms with E-state index in [4.69, 9.17) is 23.2 Å². The maximum absolute atomic E-state index is 12.2. The molecule has 1 aromatic heterocycles. The zero-order chi connectivity index (χ0) is 14.1. The highest BCUT2D eigenvalue weighted by atomic mass is 35.5. The van der Waals surface area contributed by atoms with Crippen LogP contribution in [0.25, 0.3) is 10.2 Å². The Labute approximate surface area is 130 Å². The van der Waals surface area contributed by atoms with Gasteiger partial charge in [0.05, 0.1) is 14.7 Å². The topological polar surface area (TPSA) is 42.0 Å². The lowest BCUT2D eigenvalue weighted by molar-refractivity contribution is -0.120. The number of hydrogen-bond donors (Lipinski definition) is 1. The molecular weight excluding hydrogens is 315 g/mol. The fourth-order valence-electron chi connectivity index (χ4n) is 2.23. The minimum Gasteiger partial charge on any atom is -0.302 e. The van der Waals surface area contributed by atoms with E-state index in [0.29, 0.717) is 20.7 Å². The number of halogens is 2. The molecule has 0 aliphatic heterocycles. The lowest BCUT2D eigenvalue weighted by Crippen LogP contribution is -2.23. The van der Waals surface area contributed by atoms with Crippen molar-refractivity contribution in [3.05, 3.63) is 34.3 Å². The largest absolute Gasteiger partial charge is 0.302 e. The molecule has 0 unspecified atom stereocenters. The predicted molar refractivity (Wildman–Crippen MR) is 84.8 cm³/mol. The number of anilines is 1. The highest BCUT2D eigenvalue weighted by Crippen LogP contribution is 2.35. The molecule has 2 aromatic rings. The molecule has 20 heavy (non-hydrogen) atoms. The van der Waals surface area contributed by atoms with Gasteiger partial charge in [0.2, 0.25) is 5.91 Å². The van der Waals surface area contributed by atoms with E-state index in [2.05, 4.69) is 22.5 Å². The van der Waals surface area contributed by atoms with E-state index in [-0.39, 0.29) is 11.8 Å². The molecule has 1 aromatic carbocycles. The third-order valence-corrected chi connectivity index (χ3v) is 5.05.